The fourth-order valence-electron chi connectivity index (χ4n) is 4.41. The number of hydrogen-bond acceptors (Lipinski definition) is 3. The first-order valence-corrected chi connectivity index (χ1v) is 10.7. The summed E-state index contributed by atoms with van der Waals surface area (Å²) >= 11 is 5.94. The van der Waals surface area contributed by atoms with Crippen LogP contribution in [0.15, 0.2) is 54.6 Å². The number of nitrogens with one attached hydrogen (secondary N) is 1. The second kappa shape index (κ2) is 9.63. The van der Waals surface area contributed by atoms with Gasteiger partial charge < -0.3 is 15.3 Å². The number of hydrogen-bond donors (Lipinski definition) is 2. The number of likely N-dealkylation sites (N-methyl/N-ethyl adjacent to an activating group) is 1. The molecule has 2 N–H and O–H groups in total. The summed E-state index contributed by atoms with van der Waals surface area (Å²) < 4.78 is 0. The number of benzene rings is 2. The zero-order chi connectivity index (χ0) is 21.7. The maximum absolute atomic E-state index is 13.0. The van der Waals surface area contributed by atoms with Crippen molar-refractivity contribution >= 4 is 23.4 Å². The van der Waals surface area contributed by atoms with Crippen molar-refractivity contribution in [1.29, 1.82) is 0 Å². The smallest absolute Gasteiger partial charge is 0.253 e. The van der Waals surface area contributed by atoms with Crippen molar-refractivity contribution in [3.05, 3.63) is 70.7 Å². The highest BCUT2D eigenvalue weighted by atomic mass is 35.5. The lowest BCUT2D eigenvalue weighted by molar-refractivity contribution is -0.119. The molecule has 1 aliphatic carbocycles. The van der Waals surface area contributed by atoms with Crippen LogP contribution in [-0.4, -0.2) is 47.6 Å². The Hall–Kier alpha value is -2.37. The van der Waals surface area contributed by atoms with Gasteiger partial charge in [0.05, 0.1) is 12.1 Å². The average molecular weight is 429 g/mol. The van der Waals surface area contributed by atoms with Gasteiger partial charge in [-0.25, -0.2) is 0 Å². The molecule has 160 valence electrons. The molecular formula is C24H29ClN2O3. The Morgan fingerprint density at radius 3 is 2.37 bits per heavy atom. The molecule has 0 unspecified atom stereocenters. The topological polar surface area (TPSA) is 69.6 Å². The highest BCUT2D eigenvalue weighted by Crippen LogP contribution is 2.39. The van der Waals surface area contributed by atoms with Gasteiger partial charge in [0.25, 0.3) is 5.91 Å². The Kier molecular flexibility index (Phi) is 7.16. The zero-order valence-corrected chi connectivity index (χ0v) is 18.2. The first-order chi connectivity index (χ1) is 14.3. The predicted octanol–water partition coefficient (Wildman–Crippen LogP) is 3.79. The lowest BCUT2D eigenvalue weighted by Gasteiger charge is -2.34. The monoisotopic (exact) mass is 428 g/mol. The SMILES string of the molecule is CC(=O)NC[C@]1(c2ccccc2)CC[C@@H](O)[C@H](N(C)C(=O)c2ccc(Cl)cc2)CC1. The van der Waals surface area contributed by atoms with Gasteiger partial charge in [-0.15, -0.1) is 0 Å². The summed E-state index contributed by atoms with van der Waals surface area (Å²) in [6, 6.07) is 16.6. The number of carbonyl (C=O) groups excluding carboxylic acids is 2. The van der Waals surface area contributed by atoms with Crippen LogP contribution in [0, 0.1) is 0 Å². The molecule has 0 saturated heterocycles. The van der Waals surface area contributed by atoms with E-state index in [0.717, 1.165) is 18.4 Å². The minimum absolute atomic E-state index is 0.0679. The van der Waals surface area contributed by atoms with Crippen molar-refractivity contribution in [2.75, 3.05) is 13.6 Å². The molecule has 0 aromatic heterocycles. The van der Waals surface area contributed by atoms with E-state index in [4.69, 9.17) is 11.6 Å². The van der Waals surface area contributed by atoms with Crippen LogP contribution in [0.4, 0.5) is 0 Å². The van der Waals surface area contributed by atoms with Gasteiger partial charge in [0, 0.05) is 36.5 Å². The van der Waals surface area contributed by atoms with Gasteiger partial charge in [-0.2, -0.15) is 0 Å². The lowest BCUT2D eigenvalue weighted by atomic mass is 9.74. The van der Waals surface area contributed by atoms with Crippen molar-refractivity contribution in [3.8, 4) is 0 Å². The second-order valence-corrected chi connectivity index (χ2v) is 8.63. The Balaban J connectivity index is 1.82. The zero-order valence-electron chi connectivity index (χ0n) is 17.5. The average Bonchev–Trinajstić information content (AvgIpc) is 2.92. The minimum atomic E-state index is -0.630. The number of halogens is 1. The molecule has 1 aliphatic rings. The Labute approximate surface area is 183 Å². The molecule has 0 radical (unpaired) electrons. The molecule has 0 heterocycles. The number of amides is 2. The van der Waals surface area contributed by atoms with Gasteiger partial charge in [0.15, 0.2) is 0 Å². The van der Waals surface area contributed by atoms with Crippen LogP contribution in [0.25, 0.3) is 0 Å². The number of aliphatic hydroxyl groups is 1. The van der Waals surface area contributed by atoms with E-state index in [-0.39, 0.29) is 23.3 Å². The maximum atomic E-state index is 13.0. The first-order valence-electron chi connectivity index (χ1n) is 10.3. The largest absolute Gasteiger partial charge is 0.391 e. The first kappa shape index (κ1) is 22.3. The van der Waals surface area contributed by atoms with E-state index in [9.17, 15) is 14.7 Å². The summed E-state index contributed by atoms with van der Waals surface area (Å²) in [5, 5.41) is 14.5. The molecule has 2 aromatic carbocycles. The number of nitrogens with zero attached hydrogens (tertiary/aromatic N) is 1. The van der Waals surface area contributed by atoms with Crippen LogP contribution in [0.2, 0.25) is 5.02 Å². The van der Waals surface area contributed by atoms with Crippen LogP contribution in [0.5, 0.6) is 0 Å². The molecule has 0 aliphatic heterocycles. The molecule has 3 rings (SSSR count). The number of aliphatic hydroxyl groups excluding tert-OH is 1. The highest BCUT2D eigenvalue weighted by molar-refractivity contribution is 6.30. The van der Waals surface area contributed by atoms with E-state index in [1.54, 1.807) is 36.2 Å². The summed E-state index contributed by atoms with van der Waals surface area (Å²) in [5.74, 6) is -0.202. The molecule has 0 bridgehead atoms. The van der Waals surface area contributed by atoms with Gasteiger partial charge in [0.2, 0.25) is 5.91 Å². The Morgan fingerprint density at radius 1 is 1.10 bits per heavy atom. The molecular weight excluding hydrogens is 400 g/mol. The fourth-order valence-corrected chi connectivity index (χ4v) is 4.54. The van der Waals surface area contributed by atoms with Crippen LogP contribution in [0.3, 0.4) is 0 Å². The highest BCUT2D eigenvalue weighted by Gasteiger charge is 2.40. The van der Waals surface area contributed by atoms with Crippen molar-refractivity contribution in [2.24, 2.45) is 0 Å². The third-order valence-electron chi connectivity index (χ3n) is 6.25. The van der Waals surface area contributed by atoms with Crippen LogP contribution >= 0.6 is 11.6 Å². The molecule has 1 saturated carbocycles. The molecule has 0 spiro atoms. The van der Waals surface area contributed by atoms with E-state index >= 15 is 0 Å². The molecule has 6 heteroatoms. The third kappa shape index (κ3) is 5.02. The van der Waals surface area contributed by atoms with E-state index in [2.05, 4.69) is 17.4 Å². The van der Waals surface area contributed by atoms with Crippen molar-refractivity contribution in [1.82, 2.24) is 10.2 Å². The van der Waals surface area contributed by atoms with Gasteiger partial charge in [-0.3, -0.25) is 9.59 Å². The summed E-state index contributed by atoms with van der Waals surface area (Å²) in [6.07, 6.45) is 2.06. The quantitative estimate of drug-likeness (QED) is 0.712. The Bertz CT molecular complexity index is 872. The predicted molar refractivity (Wildman–Crippen MR) is 119 cm³/mol. The van der Waals surface area contributed by atoms with Gasteiger partial charge in [0.1, 0.15) is 0 Å². The molecule has 2 aromatic rings. The minimum Gasteiger partial charge on any atom is -0.391 e. The van der Waals surface area contributed by atoms with Crippen LogP contribution in [-0.2, 0) is 10.2 Å². The van der Waals surface area contributed by atoms with Crippen LogP contribution in [0.1, 0.15) is 48.5 Å². The van der Waals surface area contributed by atoms with E-state index in [1.807, 2.05) is 18.2 Å². The van der Waals surface area contributed by atoms with E-state index in [1.165, 1.54) is 6.92 Å². The number of carbonyl (C=O) groups is 2. The molecule has 5 nitrogen and oxygen atoms in total. The van der Waals surface area contributed by atoms with Crippen molar-refractivity contribution < 1.29 is 14.7 Å². The molecule has 30 heavy (non-hydrogen) atoms. The van der Waals surface area contributed by atoms with E-state index < -0.39 is 6.10 Å². The van der Waals surface area contributed by atoms with Crippen molar-refractivity contribution in [3.63, 3.8) is 0 Å². The van der Waals surface area contributed by atoms with Crippen molar-refractivity contribution in [2.45, 2.75) is 50.2 Å². The van der Waals surface area contributed by atoms with E-state index in [0.29, 0.717) is 30.0 Å². The van der Waals surface area contributed by atoms with Gasteiger partial charge in [-0.1, -0.05) is 41.9 Å². The Morgan fingerprint density at radius 2 is 1.73 bits per heavy atom. The summed E-state index contributed by atoms with van der Waals surface area (Å²) in [6.45, 7) is 2.03. The summed E-state index contributed by atoms with van der Waals surface area (Å²) in [7, 11) is 1.74. The standard InChI is InChI=1S/C24H29ClN2O3/c1-17(28)26-16-24(19-6-4-3-5-7-19)14-12-21(22(29)13-15-24)27(2)23(30)18-8-10-20(25)11-9-18/h3-11,21-22,29H,12-16H2,1-2H3,(H,26,28)/t21-,22-,24-/m1/s1. The van der Waals surface area contributed by atoms with Gasteiger partial charge >= 0.3 is 0 Å². The maximum Gasteiger partial charge on any atom is 0.253 e. The number of rotatable bonds is 5. The molecule has 3 atom stereocenters. The summed E-state index contributed by atoms with van der Waals surface area (Å²) in [4.78, 5) is 26.3. The van der Waals surface area contributed by atoms with Gasteiger partial charge in [-0.05, 0) is 55.5 Å². The lowest BCUT2D eigenvalue weighted by Crippen LogP contribution is -2.44. The second-order valence-electron chi connectivity index (χ2n) is 8.19. The summed E-state index contributed by atoms with van der Waals surface area (Å²) in [5.41, 5.74) is 1.43. The fraction of sp³-hybridized carbons (Fsp3) is 0.417. The third-order valence-corrected chi connectivity index (χ3v) is 6.50. The molecule has 1 fully saturated rings. The van der Waals surface area contributed by atoms with Crippen LogP contribution < -0.4 is 5.32 Å². The molecule has 2 amide bonds. The normalized spacial score (nSPS) is 24.0.